The number of hydrogen-bond acceptors (Lipinski definition) is 5. The van der Waals surface area contributed by atoms with E-state index in [2.05, 4.69) is 10.3 Å². The van der Waals surface area contributed by atoms with Crippen LogP contribution in [-0.4, -0.2) is 48.0 Å². The Labute approximate surface area is 138 Å². The van der Waals surface area contributed by atoms with Crippen LogP contribution in [0.5, 0.6) is 0 Å². The van der Waals surface area contributed by atoms with Crippen molar-refractivity contribution >= 4 is 28.3 Å². The topological polar surface area (TPSA) is 71.5 Å². The van der Waals surface area contributed by atoms with Gasteiger partial charge < -0.3 is 15.0 Å². The average molecular weight is 331 g/mol. The Kier molecular flexibility index (Phi) is 4.99. The van der Waals surface area contributed by atoms with Gasteiger partial charge in [-0.2, -0.15) is 0 Å². The number of amides is 2. The second kappa shape index (κ2) is 7.34. The van der Waals surface area contributed by atoms with E-state index in [9.17, 15) is 9.59 Å². The lowest BCUT2D eigenvalue weighted by molar-refractivity contribution is -0.115. The standard InChI is InChI=1S/C16H17N3O3S/c20-14(10-12-4-2-1-3-5-12)18-16-17-13(11-23-16)15(21)19-6-8-22-9-7-19/h1-5,11H,6-10H2,(H,17,18,20). The number of ether oxygens (including phenoxy) is 1. The molecule has 6 nitrogen and oxygen atoms in total. The number of hydrogen-bond donors (Lipinski definition) is 1. The lowest BCUT2D eigenvalue weighted by Crippen LogP contribution is -2.40. The number of carbonyl (C=O) groups is 2. The first-order valence-electron chi connectivity index (χ1n) is 7.39. The Morgan fingerprint density at radius 2 is 1.96 bits per heavy atom. The molecule has 0 aliphatic carbocycles. The van der Waals surface area contributed by atoms with Crippen molar-refractivity contribution in [2.24, 2.45) is 0 Å². The maximum atomic E-state index is 12.3. The van der Waals surface area contributed by atoms with Crippen molar-refractivity contribution in [3.05, 3.63) is 47.0 Å². The molecule has 1 saturated heterocycles. The highest BCUT2D eigenvalue weighted by Gasteiger charge is 2.21. The van der Waals surface area contributed by atoms with Crippen LogP contribution >= 0.6 is 11.3 Å². The van der Waals surface area contributed by atoms with Gasteiger partial charge in [-0.3, -0.25) is 9.59 Å². The quantitative estimate of drug-likeness (QED) is 0.927. The van der Waals surface area contributed by atoms with Gasteiger partial charge in [0.2, 0.25) is 5.91 Å². The van der Waals surface area contributed by atoms with E-state index in [1.165, 1.54) is 11.3 Å². The second-order valence-corrected chi connectivity index (χ2v) is 6.01. The Balaban J connectivity index is 1.58. The van der Waals surface area contributed by atoms with Crippen LogP contribution in [0.15, 0.2) is 35.7 Å². The first-order chi connectivity index (χ1) is 11.2. The molecule has 1 aliphatic rings. The summed E-state index contributed by atoms with van der Waals surface area (Å²) >= 11 is 1.26. The van der Waals surface area contributed by atoms with Crippen molar-refractivity contribution in [1.82, 2.24) is 9.88 Å². The molecule has 1 N–H and O–H groups in total. The van der Waals surface area contributed by atoms with Crippen LogP contribution < -0.4 is 5.32 Å². The lowest BCUT2D eigenvalue weighted by Gasteiger charge is -2.25. The molecular formula is C16H17N3O3S. The summed E-state index contributed by atoms with van der Waals surface area (Å²) in [5, 5.41) is 4.86. The largest absolute Gasteiger partial charge is 0.378 e. The fraction of sp³-hybridized carbons (Fsp3) is 0.312. The van der Waals surface area contributed by atoms with Gasteiger partial charge in [-0.25, -0.2) is 4.98 Å². The van der Waals surface area contributed by atoms with Crippen molar-refractivity contribution in [2.45, 2.75) is 6.42 Å². The van der Waals surface area contributed by atoms with Crippen molar-refractivity contribution in [2.75, 3.05) is 31.6 Å². The third-order valence-corrected chi connectivity index (χ3v) is 4.23. The molecular weight excluding hydrogens is 314 g/mol. The number of nitrogens with zero attached hydrogens (tertiary/aromatic N) is 2. The van der Waals surface area contributed by atoms with E-state index in [0.29, 0.717) is 37.1 Å². The van der Waals surface area contributed by atoms with Gasteiger partial charge in [0, 0.05) is 18.5 Å². The van der Waals surface area contributed by atoms with Gasteiger partial charge in [0.1, 0.15) is 5.69 Å². The first kappa shape index (κ1) is 15.6. The minimum absolute atomic E-state index is 0.117. The summed E-state index contributed by atoms with van der Waals surface area (Å²) < 4.78 is 5.23. The van der Waals surface area contributed by atoms with Crippen molar-refractivity contribution in [3.63, 3.8) is 0 Å². The second-order valence-electron chi connectivity index (χ2n) is 5.15. The van der Waals surface area contributed by atoms with Crippen molar-refractivity contribution < 1.29 is 14.3 Å². The fourth-order valence-corrected chi connectivity index (χ4v) is 3.00. The molecule has 120 valence electrons. The van der Waals surface area contributed by atoms with Crippen LogP contribution in [-0.2, 0) is 16.0 Å². The number of aromatic nitrogens is 1. The number of benzene rings is 1. The van der Waals surface area contributed by atoms with Crippen molar-refractivity contribution in [1.29, 1.82) is 0 Å². The summed E-state index contributed by atoms with van der Waals surface area (Å²) in [4.78, 5) is 30.2. The summed E-state index contributed by atoms with van der Waals surface area (Å²) in [6, 6.07) is 9.49. The molecule has 7 heteroatoms. The smallest absolute Gasteiger partial charge is 0.273 e. The van der Waals surface area contributed by atoms with Crippen LogP contribution in [0.2, 0.25) is 0 Å². The molecule has 2 aromatic rings. The summed E-state index contributed by atoms with van der Waals surface area (Å²) in [6.07, 6.45) is 0.285. The van der Waals surface area contributed by atoms with Crippen LogP contribution in [0.4, 0.5) is 5.13 Å². The molecule has 23 heavy (non-hydrogen) atoms. The van der Waals surface area contributed by atoms with E-state index < -0.39 is 0 Å². The minimum Gasteiger partial charge on any atom is -0.378 e. The number of thiazole rings is 1. The molecule has 2 amide bonds. The zero-order chi connectivity index (χ0) is 16.1. The molecule has 0 unspecified atom stereocenters. The van der Waals surface area contributed by atoms with E-state index in [4.69, 9.17) is 4.74 Å². The Morgan fingerprint density at radius 1 is 1.22 bits per heavy atom. The van der Waals surface area contributed by atoms with Gasteiger partial charge in [0.05, 0.1) is 19.6 Å². The van der Waals surface area contributed by atoms with Crippen molar-refractivity contribution in [3.8, 4) is 0 Å². The molecule has 0 spiro atoms. The molecule has 0 saturated carbocycles. The van der Waals surface area contributed by atoms with Crippen LogP contribution in [0.25, 0.3) is 0 Å². The highest BCUT2D eigenvalue weighted by Crippen LogP contribution is 2.17. The Bertz CT molecular complexity index is 681. The van der Waals surface area contributed by atoms with Gasteiger partial charge in [0.15, 0.2) is 5.13 Å². The summed E-state index contributed by atoms with van der Waals surface area (Å²) in [6.45, 7) is 2.26. The van der Waals surface area contributed by atoms with E-state index in [0.717, 1.165) is 5.56 Å². The summed E-state index contributed by atoms with van der Waals surface area (Å²) in [5.41, 5.74) is 1.30. The lowest BCUT2D eigenvalue weighted by atomic mass is 10.1. The number of morpholine rings is 1. The number of anilines is 1. The number of rotatable bonds is 4. The van der Waals surface area contributed by atoms with Gasteiger partial charge in [-0.1, -0.05) is 30.3 Å². The molecule has 1 aliphatic heterocycles. The van der Waals surface area contributed by atoms with E-state index in [1.807, 2.05) is 30.3 Å². The highest BCUT2D eigenvalue weighted by molar-refractivity contribution is 7.14. The average Bonchev–Trinajstić information content (AvgIpc) is 3.04. The molecule has 0 atom stereocenters. The number of nitrogens with one attached hydrogen (secondary N) is 1. The Hall–Kier alpha value is -2.25. The predicted molar refractivity (Wildman–Crippen MR) is 87.6 cm³/mol. The van der Waals surface area contributed by atoms with E-state index >= 15 is 0 Å². The minimum atomic E-state index is -0.143. The van der Waals surface area contributed by atoms with Gasteiger partial charge >= 0.3 is 0 Å². The normalized spacial score (nSPS) is 14.5. The molecule has 0 bridgehead atoms. The summed E-state index contributed by atoms with van der Waals surface area (Å²) in [5.74, 6) is -0.260. The van der Waals surface area contributed by atoms with Gasteiger partial charge in [0.25, 0.3) is 5.91 Å². The molecule has 1 fully saturated rings. The van der Waals surface area contributed by atoms with Gasteiger partial charge in [-0.15, -0.1) is 11.3 Å². The maximum Gasteiger partial charge on any atom is 0.273 e. The fourth-order valence-electron chi connectivity index (χ4n) is 2.30. The monoisotopic (exact) mass is 331 g/mol. The SMILES string of the molecule is O=C(Cc1ccccc1)Nc1nc(C(=O)N2CCOCC2)cs1. The van der Waals surface area contributed by atoms with E-state index in [1.54, 1.807) is 10.3 Å². The van der Waals surface area contributed by atoms with E-state index in [-0.39, 0.29) is 18.2 Å². The van der Waals surface area contributed by atoms with Crippen LogP contribution in [0, 0.1) is 0 Å². The molecule has 1 aromatic heterocycles. The third kappa shape index (κ3) is 4.14. The van der Waals surface area contributed by atoms with Crippen LogP contribution in [0.1, 0.15) is 16.1 Å². The zero-order valence-corrected chi connectivity index (χ0v) is 13.3. The zero-order valence-electron chi connectivity index (χ0n) is 12.5. The van der Waals surface area contributed by atoms with Gasteiger partial charge in [-0.05, 0) is 5.56 Å². The maximum absolute atomic E-state index is 12.3. The summed E-state index contributed by atoms with van der Waals surface area (Å²) in [7, 11) is 0. The Morgan fingerprint density at radius 3 is 2.70 bits per heavy atom. The molecule has 3 rings (SSSR count). The highest BCUT2D eigenvalue weighted by atomic mass is 32.1. The number of carbonyl (C=O) groups excluding carboxylic acids is 2. The molecule has 2 heterocycles. The third-order valence-electron chi connectivity index (χ3n) is 3.48. The first-order valence-corrected chi connectivity index (χ1v) is 8.26. The van der Waals surface area contributed by atoms with Crippen LogP contribution in [0.3, 0.4) is 0 Å². The molecule has 0 radical (unpaired) electrons. The molecule has 1 aromatic carbocycles. The predicted octanol–water partition coefficient (Wildman–Crippen LogP) is 1.80.